The van der Waals surface area contributed by atoms with Gasteiger partial charge in [-0.15, -0.1) is 0 Å². The molecule has 0 aliphatic heterocycles. The first-order valence-electron chi connectivity index (χ1n) is 4.81. The topological polar surface area (TPSA) is 75.0 Å². The van der Waals surface area contributed by atoms with E-state index < -0.39 is 27.2 Å². The zero-order valence-electron chi connectivity index (χ0n) is 8.89. The Bertz CT molecular complexity index is 543. The number of Topliss-reactive ketones (excluding diaryl/α,β-unsaturated/α-hetero) is 1. The molecule has 0 unspecified atom stereocenters. The fourth-order valence-electron chi connectivity index (χ4n) is 1.19. The van der Waals surface area contributed by atoms with E-state index in [9.17, 15) is 17.6 Å². The average molecular weight is 255 g/mol. The third-order valence-corrected chi connectivity index (χ3v) is 3.57. The lowest BCUT2D eigenvalue weighted by Crippen LogP contribution is -2.18. The zero-order chi connectivity index (χ0) is 12.9. The second-order valence-electron chi connectivity index (χ2n) is 3.43. The van der Waals surface area contributed by atoms with Gasteiger partial charge in [0, 0.05) is 12.0 Å². The average Bonchev–Trinajstić information content (AvgIpc) is 2.26. The second kappa shape index (κ2) is 5.55. The number of halogens is 1. The molecule has 1 aromatic carbocycles. The van der Waals surface area contributed by atoms with E-state index >= 15 is 0 Å². The van der Waals surface area contributed by atoms with E-state index in [2.05, 4.69) is 0 Å². The minimum atomic E-state index is -3.57. The van der Waals surface area contributed by atoms with Crippen molar-refractivity contribution in [2.24, 2.45) is 0 Å². The van der Waals surface area contributed by atoms with Crippen LogP contribution in [0.5, 0.6) is 0 Å². The van der Waals surface area contributed by atoms with Crippen LogP contribution in [0.2, 0.25) is 0 Å². The molecule has 0 atom stereocenters. The molecule has 1 rings (SSSR count). The van der Waals surface area contributed by atoms with Gasteiger partial charge in [-0.1, -0.05) is 0 Å². The van der Waals surface area contributed by atoms with Crippen molar-refractivity contribution < 1.29 is 17.6 Å². The molecule has 0 heterocycles. The molecule has 0 N–H and O–H groups in total. The summed E-state index contributed by atoms with van der Waals surface area (Å²) in [5, 5.41) is 8.27. The Kier molecular flexibility index (Phi) is 4.35. The minimum absolute atomic E-state index is 0.140. The quantitative estimate of drug-likeness (QED) is 0.744. The van der Waals surface area contributed by atoms with Gasteiger partial charge in [-0.25, -0.2) is 12.8 Å². The number of hydrogen-bond acceptors (Lipinski definition) is 4. The first-order valence-corrected chi connectivity index (χ1v) is 6.63. The summed E-state index contributed by atoms with van der Waals surface area (Å²) in [5.74, 6) is -2.08. The highest BCUT2D eigenvalue weighted by molar-refractivity contribution is 7.92. The summed E-state index contributed by atoms with van der Waals surface area (Å²) in [6.45, 7) is 0. The maximum atomic E-state index is 12.6. The van der Waals surface area contributed by atoms with Gasteiger partial charge < -0.3 is 0 Å². The summed E-state index contributed by atoms with van der Waals surface area (Å²) < 4.78 is 35.4. The van der Waals surface area contributed by atoms with Crippen molar-refractivity contribution in [3.63, 3.8) is 0 Å². The van der Waals surface area contributed by atoms with Crippen LogP contribution in [0.25, 0.3) is 0 Å². The lowest BCUT2D eigenvalue weighted by atomic mass is 10.1. The standard InChI is InChI=1S/C11H10FNO3S/c12-10-4-2-9(3-5-10)11(14)8-17(15,16)7-1-6-13/h2-5H,1,7-8H2. The van der Waals surface area contributed by atoms with E-state index in [4.69, 9.17) is 5.26 Å². The minimum Gasteiger partial charge on any atom is -0.293 e. The molecule has 6 heteroatoms. The van der Waals surface area contributed by atoms with Gasteiger partial charge in [-0.05, 0) is 24.3 Å². The predicted octanol–water partition coefficient (Wildman–Crippen LogP) is 1.34. The summed E-state index contributed by atoms with van der Waals surface area (Å²) >= 11 is 0. The first kappa shape index (κ1) is 13.3. The summed E-state index contributed by atoms with van der Waals surface area (Å²) in [4.78, 5) is 11.6. The fourth-order valence-corrected chi connectivity index (χ4v) is 2.30. The highest BCUT2D eigenvalue weighted by Gasteiger charge is 2.17. The smallest absolute Gasteiger partial charge is 0.177 e. The van der Waals surface area contributed by atoms with Crippen LogP contribution >= 0.6 is 0 Å². The molecule has 0 spiro atoms. The van der Waals surface area contributed by atoms with E-state index in [0.717, 1.165) is 12.1 Å². The normalized spacial score (nSPS) is 10.8. The number of ketones is 1. The van der Waals surface area contributed by atoms with Crippen LogP contribution in [0, 0.1) is 17.1 Å². The molecule has 17 heavy (non-hydrogen) atoms. The zero-order valence-corrected chi connectivity index (χ0v) is 9.71. The van der Waals surface area contributed by atoms with Gasteiger partial charge in [0.15, 0.2) is 15.6 Å². The van der Waals surface area contributed by atoms with Gasteiger partial charge in [-0.3, -0.25) is 4.79 Å². The number of carbonyl (C=O) groups is 1. The third kappa shape index (κ3) is 4.33. The largest absolute Gasteiger partial charge is 0.293 e. The number of hydrogen-bond donors (Lipinski definition) is 0. The molecular formula is C11H10FNO3S. The van der Waals surface area contributed by atoms with Crippen LogP contribution in [-0.2, 0) is 9.84 Å². The monoisotopic (exact) mass is 255 g/mol. The highest BCUT2D eigenvalue weighted by atomic mass is 32.2. The molecule has 0 bridgehead atoms. The first-order chi connectivity index (χ1) is 7.94. The molecule has 4 nitrogen and oxygen atoms in total. The summed E-state index contributed by atoms with van der Waals surface area (Å²) in [7, 11) is -3.57. The summed E-state index contributed by atoms with van der Waals surface area (Å²) in [6, 6.07) is 6.36. The Morgan fingerprint density at radius 3 is 2.41 bits per heavy atom. The van der Waals surface area contributed by atoms with Gasteiger partial charge in [0.25, 0.3) is 0 Å². The van der Waals surface area contributed by atoms with Crippen molar-refractivity contribution in [2.45, 2.75) is 6.42 Å². The molecule has 0 radical (unpaired) electrons. The number of nitrogens with zero attached hydrogens (tertiary/aromatic N) is 1. The van der Waals surface area contributed by atoms with E-state index in [1.54, 1.807) is 6.07 Å². The molecular weight excluding hydrogens is 245 g/mol. The lowest BCUT2D eigenvalue weighted by Gasteiger charge is -2.01. The van der Waals surface area contributed by atoms with E-state index in [0.29, 0.717) is 0 Å². The number of benzene rings is 1. The van der Waals surface area contributed by atoms with Crippen molar-refractivity contribution in [3.05, 3.63) is 35.6 Å². The summed E-state index contributed by atoms with van der Waals surface area (Å²) in [6.07, 6.45) is -0.140. The van der Waals surface area contributed by atoms with E-state index in [1.165, 1.54) is 12.1 Å². The SMILES string of the molecule is N#CCCS(=O)(=O)CC(=O)c1ccc(F)cc1. The third-order valence-electron chi connectivity index (χ3n) is 2.04. The van der Waals surface area contributed by atoms with Gasteiger partial charge in [0.05, 0.1) is 11.8 Å². The lowest BCUT2D eigenvalue weighted by molar-refractivity contribution is 0.102. The van der Waals surface area contributed by atoms with Crippen LogP contribution in [0.3, 0.4) is 0 Å². The van der Waals surface area contributed by atoms with Crippen molar-refractivity contribution >= 4 is 15.6 Å². The highest BCUT2D eigenvalue weighted by Crippen LogP contribution is 2.06. The van der Waals surface area contributed by atoms with Crippen molar-refractivity contribution in [3.8, 4) is 6.07 Å². The number of carbonyl (C=O) groups excluding carboxylic acids is 1. The molecule has 0 amide bonds. The molecule has 0 saturated heterocycles. The Hall–Kier alpha value is -1.74. The predicted molar refractivity (Wildman–Crippen MR) is 59.6 cm³/mol. The Morgan fingerprint density at radius 1 is 1.29 bits per heavy atom. The molecule has 0 aromatic heterocycles. The number of rotatable bonds is 5. The van der Waals surface area contributed by atoms with Crippen LogP contribution in [0.4, 0.5) is 4.39 Å². The van der Waals surface area contributed by atoms with Crippen molar-refractivity contribution in [2.75, 3.05) is 11.5 Å². The van der Waals surface area contributed by atoms with Crippen LogP contribution < -0.4 is 0 Å². The molecule has 0 fully saturated rings. The Balaban J connectivity index is 2.73. The Morgan fingerprint density at radius 2 is 1.88 bits per heavy atom. The molecule has 0 aliphatic carbocycles. The van der Waals surface area contributed by atoms with E-state index in [1.807, 2.05) is 0 Å². The van der Waals surface area contributed by atoms with E-state index in [-0.39, 0.29) is 17.7 Å². The van der Waals surface area contributed by atoms with Crippen LogP contribution in [0.15, 0.2) is 24.3 Å². The molecule has 0 saturated carbocycles. The molecule has 0 aliphatic rings. The molecule has 1 aromatic rings. The van der Waals surface area contributed by atoms with Crippen molar-refractivity contribution in [1.29, 1.82) is 5.26 Å². The van der Waals surface area contributed by atoms with Gasteiger partial charge in [-0.2, -0.15) is 5.26 Å². The number of nitriles is 1. The fraction of sp³-hybridized carbons (Fsp3) is 0.273. The van der Waals surface area contributed by atoms with Gasteiger partial charge >= 0.3 is 0 Å². The maximum Gasteiger partial charge on any atom is 0.177 e. The van der Waals surface area contributed by atoms with Crippen LogP contribution in [-0.4, -0.2) is 25.7 Å². The Labute approximate surface area is 98.6 Å². The van der Waals surface area contributed by atoms with Crippen LogP contribution in [0.1, 0.15) is 16.8 Å². The van der Waals surface area contributed by atoms with Crippen molar-refractivity contribution in [1.82, 2.24) is 0 Å². The van der Waals surface area contributed by atoms with Gasteiger partial charge in [0.1, 0.15) is 11.6 Å². The maximum absolute atomic E-state index is 12.6. The van der Waals surface area contributed by atoms with Gasteiger partial charge in [0.2, 0.25) is 0 Å². The number of sulfone groups is 1. The molecule has 90 valence electrons. The summed E-state index contributed by atoms with van der Waals surface area (Å²) in [5.41, 5.74) is 0.145. The second-order valence-corrected chi connectivity index (χ2v) is 5.61.